The van der Waals surface area contributed by atoms with E-state index in [1.165, 1.54) is 0 Å². The average Bonchev–Trinajstić information content (AvgIpc) is 3.33. The van der Waals surface area contributed by atoms with Crippen LogP contribution in [0.5, 0.6) is 0 Å². The monoisotopic (exact) mass is 462 g/mol. The van der Waals surface area contributed by atoms with Gasteiger partial charge in [-0.15, -0.1) is 0 Å². The second-order valence-electron chi connectivity index (χ2n) is 8.41. The zero-order valence-electron chi connectivity index (χ0n) is 19.1. The lowest BCUT2D eigenvalue weighted by molar-refractivity contribution is -0.142. The maximum Gasteiger partial charge on any atom is 0.407 e. The van der Waals surface area contributed by atoms with E-state index in [4.69, 9.17) is 4.74 Å². The number of benzene rings is 1. The Balaban J connectivity index is 1.76. The van der Waals surface area contributed by atoms with Crippen molar-refractivity contribution in [3.63, 3.8) is 0 Å². The molecule has 0 bridgehead atoms. The van der Waals surface area contributed by atoms with E-state index in [0.717, 1.165) is 18.5 Å². The fraction of sp³-hybridized carbons (Fsp3) is 0.565. The molecule has 1 aromatic carbocycles. The van der Waals surface area contributed by atoms with Crippen molar-refractivity contribution in [2.24, 2.45) is 5.92 Å². The number of aliphatic carboxylic acids is 1. The molecule has 33 heavy (non-hydrogen) atoms. The van der Waals surface area contributed by atoms with Crippen LogP contribution in [-0.4, -0.2) is 60.2 Å². The maximum atomic E-state index is 12.7. The van der Waals surface area contributed by atoms with Crippen molar-refractivity contribution in [1.82, 2.24) is 21.3 Å². The smallest absolute Gasteiger partial charge is 0.407 e. The summed E-state index contributed by atoms with van der Waals surface area (Å²) in [5, 5.41) is 20.4. The third kappa shape index (κ3) is 9.09. The minimum atomic E-state index is -1.18. The summed E-state index contributed by atoms with van der Waals surface area (Å²) >= 11 is 0. The van der Waals surface area contributed by atoms with E-state index in [0.29, 0.717) is 12.8 Å². The van der Waals surface area contributed by atoms with E-state index in [1.807, 2.05) is 30.3 Å². The van der Waals surface area contributed by atoms with Crippen molar-refractivity contribution >= 4 is 23.9 Å². The molecule has 0 aliphatic carbocycles. The first kappa shape index (κ1) is 26.1. The van der Waals surface area contributed by atoms with Crippen LogP contribution in [0.25, 0.3) is 0 Å². The van der Waals surface area contributed by atoms with Gasteiger partial charge >= 0.3 is 12.1 Å². The highest BCUT2D eigenvalue weighted by Crippen LogP contribution is 2.09. The molecule has 1 saturated heterocycles. The van der Waals surface area contributed by atoms with E-state index in [-0.39, 0.29) is 37.4 Å². The molecular weight excluding hydrogens is 428 g/mol. The quantitative estimate of drug-likeness (QED) is 0.293. The van der Waals surface area contributed by atoms with Gasteiger partial charge in [-0.3, -0.25) is 9.59 Å². The fourth-order valence-electron chi connectivity index (χ4n) is 3.49. The molecular formula is C23H34N4O6. The Labute approximate surface area is 193 Å². The summed E-state index contributed by atoms with van der Waals surface area (Å²) in [7, 11) is 0. The Morgan fingerprint density at radius 1 is 1.15 bits per heavy atom. The molecule has 1 fully saturated rings. The van der Waals surface area contributed by atoms with Gasteiger partial charge in [-0.05, 0) is 43.7 Å². The molecule has 1 aromatic rings. The van der Waals surface area contributed by atoms with Crippen LogP contribution in [-0.2, 0) is 25.7 Å². The lowest BCUT2D eigenvalue weighted by Crippen LogP contribution is -2.56. The Morgan fingerprint density at radius 2 is 1.88 bits per heavy atom. The molecule has 10 nitrogen and oxygen atoms in total. The highest BCUT2D eigenvalue weighted by molar-refractivity contribution is 5.92. The summed E-state index contributed by atoms with van der Waals surface area (Å²) in [6.07, 6.45) is 1.44. The number of carbonyl (C=O) groups is 4. The van der Waals surface area contributed by atoms with Gasteiger partial charge in [0.2, 0.25) is 11.8 Å². The molecule has 182 valence electrons. The van der Waals surface area contributed by atoms with Gasteiger partial charge in [0.25, 0.3) is 0 Å². The highest BCUT2D eigenvalue weighted by atomic mass is 16.5. The second kappa shape index (κ2) is 13.4. The number of rotatable bonds is 12. The van der Waals surface area contributed by atoms with Crippen LogP contribution in [0.1, 0.15) is 45.1 Å². The van der Waals surface area contributed by atoms with Gasteiger partial charge in [-0.25, -0.2) is 9.59 Å². The SMILES string of the molecule is CC(C)[C@H](NC(=O)[C@H]1CCCN1)C(=O)N[C@@H](CCCNC(=O)OCc1ccccc1)C(=O)O. The number of amides is 3. The normalized spacial score (nSPS) is 17.1. The summed E-state index contributed by atoms with van der Waals surface area (Å²) in [6, 6.07) is 6.92. The topological polar surface area (TPSA) is 146 Å². The minimum Gasteiger partial charge on any atom is -0.480 e. The number of carboxylic acids is 1. The summed E-state index contributed by atoms with van der Waals surface area (Å²) in [6.45, 7) is 4.66. The van der Waals surface area contributed by atoms with Crippen molar-refractivity contribution in [2.75, 3.05) is 13.1 Å². The average molecular weight is 463 g/mol. The molecule has 5 N–H and O–H groups in total. The Kier molecular flexibility index (Phi) is 10.6. The van der Waals surface area contributed by atoms with Crippen LogP contribution < -0.4 is 21.3 Å². The van der Waals surface area contributed by atoms with E-state index < -0.39 is 30.1 Å². The van der Waals surface area contributed by atoms with Crippen LogP contribution in [0.3, 0.4) is 0 Å². The predicted octanol–water partition coefficient (Wildman–Crippen LogP) is 1.16. The molecule has 0 aromatic heterocycles. The van der Waals surface area contributed by atoms with Gasteiger partial charge < -0.3 is 31.1 Å². The zero-order chi connectivity index (χ0) is 24.2. The van der Waals surface area contributed by atoms with Crippen LogP contribution in [0.15, 0.2) is 30.3 Å². The standard InChI is InChI=1S/C23H34N4O6/c1-15(2)19(27-20(28)17-10-6-12-24-17)21(29)26-18(22(30)31)11-7-13-25-23(32)33-14-16-8-4-3-5-9-16/h3-5,8-9,15,17-19,24H,6-7,10-14H2,1-2H3,(H,25,32)(H,26,29)(H,27,28)(H,30,31)/t17-,18+,19+/m1/s1. The molecule has 0 spiro atoms. The zero-order valence-corrected chi connectivity index (χ0v) is 19.1. The summed E-state index contributed by atoms with van der Waals surface area (Å²) in [5.41, 5.74) is 0.858. The molecule has 0 radical (unpaired) electrons. The number of hydrogen-bond acceptors (Lipinski definition) is 6. The molecule has 1 heterocycles. The van der Waals surface area contributed by atoms with Gasteiger partial charge in [-0.1, -0.05) is 44.2 Å². The third-order valence-electron chi connectivity index (χ3n) is 5.39. The van der Waals surface area contributed by atoms with Crippen molar-refractivity contribution in [3.8, 4) is 0 Å². The molecule has 2 rings (SSSR count). The molecule has 3 amide bonds. The van der Waals surface area contributed by atoms with Gasteiger partial charge in [0.15, 0.2) is 0 Å². The van der Waals surface area contributed by atoms with E-state index in [9.17, 15) is 24.3 Å². The Morgan fingerprint density at radius 3 is 2.48 bits per heavy atom. The van der Waals surface area contributed by atoms with Gasteiger partial charge in [0.1, 0.15) is 18.7 Å². The van der Waals surface area contributed by atoms with Gasteiger partial charge in [0.05, 0.1) is 6.04 Å². The third-order valence-corrected chi connectivity index (χ3v) is 5.39. The van der Waals surface area contributed by atoms with Crippen LogP contribution in [0, 0.1) is 5.92 Å². The van der Waals surface area contributed by atoms with Crippen molar-refractivity contribution < 1.29 is 29.0 Å². The van der Waals surface area contributed by atoms with Crippen molar-refractivity contribution in [1.29, 1.82) is 0 Å². The predicted molar refractivity (Wildman–Crippen MR) is 121 cm³/mol. The van der Waals surface area contributed by atoms with E-state index in [1.54, 1.807) is 13.8 Å². The van der Waals surface area contributed by atoms with Gasteiger partial charge in [0, 0.05) is 6.54 Å². The number of carboxylic acid groups (broad SMARTS) is 1. The number of carbonyl (C=O) groups excluding carboxylic acids is 3. The van der Waals surface area contributed by atoms with E-state index >= 15 is 0 Å². The fourth-order valence-corrected chi connectivity index (χ4v) is 3.49. The summed E-state index contributed by atoms with van der Waals surface area (Å²) in [4.78, 5) is 48.5. The van der Waals surface area contributed by atoms with Crippen molar-refractivity contribution in [3.05, 3.63) is 35.9 Å². The van der Waals surface area contributed by atoms with E-state index in [2.05, 4.69) is 21.3 Å². The number of nitrogens with one attached hydrogen (secondary N) is 4. The summed E-state index contributed by atoms with van der Waals surface area (Å²) in [5.74, 6) is -2.20. The van der Waals surface area contributed by atoms with Crippen LogP contribution in [0.2, 0.25) is 0 Å². The number of ether oxygens (including phenoxy) is 1. The molecule has 1 aliphatic rings. The van der Waals surface area contributed by atoms with Crippen molar-refractivity contribution in [2.45, 2.75) is 64.3 Å². The molecule has 3 atom stereocenters. The first-order chi connectivity index (χ1) is 15.8. The molecule has 10 heteroatoms. The second-order valence-corrected chi connectivity index (χ2v) is 8.41. The highest BCUT2D eigenvalue weighted by Gasteiger charge is 2.31. The largest absolute Gasteiger partial charge is 0.480 e. The maximum absolute atomic E-state index is 12.7. The number of hydrogen-bond donors (Lipinski definition) is 5. The minimum absolute atomic E-state index is 0.114. The van der Waals surface area contributed by atoms with Gasteiger partial charge in [-0.2, -0.15) is 0 Å². The van der Waals surface area contributed by atoms with Crippen LogP contribution in [0.4, 0.5) is 4.79 Å². The molecule has 0 unspecified atom stereocenters. The lowest BCUT2D eigenvalue weighted by Gasteiger charge is -2.25. The van der Waals surface area contributed by atoms with Crippen LogP contribution >= 0.6 is 0 Å². The molecule has 1 aliphatic heterocycles. The Hall–Kier alpha value is -3.14. The summed E-state index contributed by atoms with van der Waals surface area (Å²) < 4.78 is 5.10. The first-order valence-corrected chi connectivity index (χ1v) is 11.3. The Bertz CT molecular complexity index is 795. The first-order valence-electron chi connectivity index (χ1n) is 11.3. The molecule has 0 saturated carbocycles. The number of alkyl carbamates (subject to hydrolysis) is 1. The lowest BCUT2D eigenvalue weighted by atomic mass is 10.0.